The summed E-state index contributed by atoms with van der Waals surface area (Å²) in [6.07, 6.45) is 3.63. The van der Waals surface area contributed by atoms with Crippen LogP contribution in [0.5, 0.6) is 0 Å². The van der Waals surface area contributed by atoms with Gasteiger partial charge in [-0.25, -0.2) is 13.9 Å². The first-order valence-corrected chi connectivity index (χ1v) is 9.42. The van der Waals surface area contributed by atoms with Crippen LogP contribution in [-0.4, -0.2) is 38.5 Å². The Morgan fingerprint density at radius 2 is 2.22 bits per heavy atom. The molecule has 0 bridgehead atoms. The average Bonchev–Trinajstić information content (AvgIpc) is 3.05. The molecule has 0 spiro atoms. The molecule has 3 heterocycles. The van der Waals surface area contributed by atoms with Gasteiger partial charge in [-0.05, 0) is 38.0 Å². The fourth-order valence-electron chi connectivity index (χ4n) is 3.75. The van der Waals surface area contributed by atoms with Gasteiger partial charge in [-0.1, -0.05) is 17.7 Å². The predicted octanol–water partition coefficient (Wildman–Crippen LogP) is 3.78. The molecule has 0 radical (unpaired) electrons. The predicted molar refractivity (Wildman–Crippen MR) is 101 cm³/mol. The Hall–Kier alpha value is -2.47. The summed E-state index contributed by atoms with van der Waals surface area (Å²) in [4.78, 5) is 18.9. The second-order valence-corrected chi connectivity index (χ2v) is 7.39. The summed E-state index contributed by atoms with van der Waals surface area (Å²) in [5, 5.41) is 4.82. The van der Waals surface area contributed by atoms with Gasteiger partial charge in [0, 0.05) is 41.9 Å². The van der Waals surface area contributed by atoms with Crippen molar-refractivity contribution in [3.63, 3.8) is 0 Å². The number of hydrogen-bond acceptors (Lipinski definition) is 3. The number of aromatic nitrogens is 3. The van der Waals surface area contributed by atoms with E-state index in [2.05, 4.69) is 10.1 Å². The number of rotatable bonds is 3. The summed E-state index contributed by atoms with van der Waals surface area (Å²) < 4.78 is 15.9. The highest BCUT2D eigenvalue weighted by Gasteiger charge is 2.27. The summed E-state index contributed by atoms with van der Waals surface area (Å²) in [6.45, 7) is 3.20. The summed E-state index contributed by atoms with van der Waals surface area (Å²) in [5.74, 6) is -0.371. The topological polar surface area (TPSA) is 50.5 Å². The van der Waals surface area contributed by atoms with E-state index in [0.717, 1.165) is 29.9 Å². The van der Waals surface area contributed by atoms with Gasteiger partial charge in [0.25, 0.3) is 0 Å². The smallest absolute Gasteiger partial charge is 0.227 e. The lowest BCUT2D eigenvalue weighted by Gasteiger charge is -2.33. The quantitative estimate of drug-likeness (QED) is 0.688. The van der Waals surface area contributed by atoms with Crippen LogP contribution in [0.25, 0.3) is 5.65 Å². The van der Waals surface area contributed by atoms with Crippen molar-refractivity contribution in [2.24, 2.45) is 0 Å². The lowest BCUT2D eigenvalue weighted by Crippen LogP contribution is -2.40. The van der Waals surface area contributed by atoms with Crippen molar-refractivity contribution >= 4 is 23.2 Å². The molecule has 4 rings (SSSR count). The highest BCUT2D eigenvalue weighted by Crippen LogP contribution is 2.28. The fraction of sp³-hybridized carbons (Fsp3) is 0.350. The standard InChI is InChI=1S/C20H20ClFN4O/c1-13-10-19-23-8-7-18(26(19)24-13)14-4-3-9-25(12-14)20(27)11-15-16(21)5-2-6-17(15)22/h2,5-8,10,14H,3-4,9,11-12H2,1H3. The highest BCUT2D eigenvalue weighted by molar-refractivity contribution is 6.31. The number of amides is 1. The minimum Gasteiger partial charge on any atom is -0.342 e. The maximum absolute atomic E-state index is 14.0. The fourth-order valence-corrected chi connectivity index (χ4v) is 3.98. The van der Waals surface area contributed by atoms with Crippen molar-refractivity contribution in [2.45, 2.75) is 32.1 Å². The lowest BCUT2D eigenvalue weighted by atomic mass is 9.94. The molecule has 1 aromatic carbocycles. The Balaban J connectivity index is 1.55. The molecule has 27 heavy (non-hydrogen) atoms. The van der Waals surface area contributed by atoms with Crippen LogP contribution in [0.2, 0.25) is 5.02 Å². The minimum absolute atomic E-state index is 0.0230. The Bertz CT molecular complexity index is 983. The maximum atomic E-state index is 14.0. The molecule has 1 saturated heterocycles. The van der Waals surface area contributed by atoms with Crippen LogP contribution in [0.15, 0.2) is 36.5 Å². The summed E-state index contributed by atoms with van der Waals surface area (Å²) >= 11 is 6.08. The molecule has 1 aliphatic rings. The van der Waals surface area contributed by atoms with E-state index >= 15 is 0 Å². The van der Waals surface area contributed by atoms with Crippen LogP contribution in [0.1, 0.15) is 35.7 Å². The zero-order valence-corrected chi connectivity index (χ0v) is 15.8. The number of carbonyl (C=O) groups excluding carboxylic acids is 1. The molecule has 7 heteroatoms. The number of nitrogens with zero attached hydrogens (tertiary/aromatic N) is 4. The van der Waals surface area contributed by atoms with Crippen LogP contribution in [0.4, 0.5) is 4.39 Å². The molecular formula is C20H20ClFN4O. The molecule has 2 aromatic heterocycles. The third-order valence-electron chi connectivity index (χ3n) is 5.09. The molecule has 1 fully saturated rings. The number of halogens is 2. The Morgan fingerprint density at radius 3 is 3.04 bits per heavy atom. The first-order chi connectivity index (χ1) is 13.0. The van der Waals surface area contributed by atoms with E-state index in [1.54, 1.807) is 23.2 Å². The second kappa shape index (κ2) is 7.27. The molecule has 1 amide bonds. The van der Waals surface area contributed by atoms with Crippen molar-refractivity contribution in [3.8, 4) is 0 Å². The van der Waals surface area contributed by atoms with E-state index in [4.69, 9.17) is 11.6 Å². The molecular weight excluding hydrogens is 367 g/mol. The third kappa shape index (κ3) is 3.54. The Morgan fingerprint density at radius 1 is 1.37 bits per heavy atom. The molecule has 140 valence electrons. The van der Waals surface area contributed by atoms with Crippen LogP contribution in [0, 0.1) is 12.7 Å². The van der Waals surface area contributed by atoms with E-state index in [9.17, 15) is 9.18 Å². The summed E-state index contributed by atoms with van der Waals surface area (Å²) in [5.41, 5.74) is 3.04. The van der Waals surface area contributed by atoms with Crippen LogP contribution in [0.3, 0.4) is 0 Å². The molecule has 3 aromatic rings. The van der Waals surface area contributed by atoms with Crippen molar-refractivity contribution in [2.75, 3.05) is 13.1 Å². The van der Waals surface area contributed by atoms with Gasteiger partial charge in [0.05, 0.1) is 17.8 Å². The van der Waals surface area contributed by atoms with Crippen LogP contribution in [-0.2, 0) is 11.2 Å². The van der Waals surface area contributed by atoms with Gasteiger partial charge in [0.1, 0.15) is 5.82 Å². The molecule has 0 aliphatic carbocycles. The van der Waals surface area contributed by atoms with E-state index in [1.807, 2.05) is 23.6 Å². The number of likely N-dealkylation sites (tertiary alicyclic amines) is 1. The number of hydrogen-bond donors (Lipinski definition) is 0. The summed E-state index contributed by atoms with van der Waals surface area (Å²) in [7, 11) is 0. The van der Waals surface area contributed by atoms with Crippen LogP contribution >= 0.6 is 11.6 Å². The van der Waals surface area contributed by atoms with Gasteiger partial charge < -0.3 is 4.90 Å². The van der Waals surface area contributed by atoms with Crippen molar-refractivity contribution in [3.05, 3.63) is 64.3 Å². The molecule has 1 unspecified atom stereocenters. The average molecular weight is 387 g/mol. The third-order valence-corrected chi connectivity index (χ3v) is 5.45. The van der Waals surface area contributed by atoms with Crippen molar-refractivity contribution < 1.29 is 9.18 Å². The molecule has 1 aliphatic heterocycles. The minimum atomic E-state index is -0.438. The van der Waals surface area contributed by atoms with Crippen molar-refractivity contribution in [1.82, 2.24) is 19.5 Å². The zero-order valence-electron chi connectivity index (χ0n) is 15.0. The van der Waals surface area contributed by atoms with Crippen molar-refractivity contribution in [1.29, 1.82) is 0 Å². The summed E-state index contributed by atoms with van der Waals surface area (Å²) in [6, 6.07) is 8.39. The molecule has 1 atom stereocenters. The number of aryl methyl sites for hydroxylation is 1. The zero-order chi connectivity index (χ0) is 19.0. The molecule has 5 nitrogen and oxygen atoms in total. The largest absolute Gasteiger partial charge is 0.342 e. The normalized spacial score (nSPS) is 17.4. The van der Waals surface area contributed by atoms with Gasteiger partial charge in [-0.2, -0.15) is 5.10 Å². The maximum Gasteiger partial charge on any atom is 0.227 e. The Labute approximate surface area is 161 Å². The van der Waals surface area contributed by atoms with Gasteiger partial charge in [0.2, 0.25) is 5.91 Å². The monoisotopic (exact) mass is 386 g/mol. The van der Waals surface area contributed by atoms with Gasteiger partial charge in [0.15, 0.2) is 5.65 Å². The SMILES string of the molecule is Cc1cc2nccc(C3CCCN(C(=O)Cc4c(F)cccc4Cl)C3)n2n1. The van der Waals surface area contributed by atoms with E-state index < -0.39 is 5.82 Å². The van der Waals surface area contributed by atoms with Gasteiger partial charge >= 0.3 is 0 Å². The molecule has 0 N–H and O–H groups in total. The van der Waals surface area contributed by atoms with Crippen LogP contribution < -0.4 is 0 Å². The molecule has 0 saturated carbocycles. The number of fused-ring (bicyclic) bond motifs is 1. The lowest BCUT2D eigenvalue weighted by molar-refractivity contribution is -0.131. The first-order valence-electron chi connectivity index (χ1n) is 9.05. The number of benzene rings is 1. The Kier molecular flexibility index (Phi) is 4.83. The second-order valence-electron chi connectivity index (χ2n) is 6.98. The highest BCUT2D eigenvalue weighted by atomic mass is 35.5. The van der Waals surface area contributed by atoms with E-state index in [1.165, 1.54) is 6.07 Å². The van der Waals surface area contributed by atoms with Gasteiger partial charge in [-0.3, -0.25) is 4.79 Å². The first kappa shape index (κ1) is 17.9. The number of carbonyl (C=O) groups is 1. The number of piperidine rings is 1. The van der Waals surface area contributed by atoms with Gasteiger partial charge in [-0.15, -0.1) is 0 Å². The van der Waals surface area contributed by atoms with E-state index in [0.29, 0.717) is 18.1 Å². The van der Waals surface area contributed by atoms with E-state index in [-0.39, 0.29) is 23.8 Å².